The summed E-state index contributed by atoms with van der Waals surface area (Å²) in [4.78, 5) is 17.1. The highest BCUT2D eigenvalue weighted by atomic mass is 19.1. The molecule has 2 aromatic heterocycles. The molecule has 0 radical (unpaired) electrons. The fourth-order valence-corrected chi connectivity index (χ4v) is 3.75. The number of pyridine rings is 1. The number of aromatic nitrogens is 3. The van der Waals surface area contributed by atoms with Crippen molar-refractivity contribution in [3.63, 3.8) is 0 Å². The Labute approximate surface area is 146 Å². The van der Waals surface area contributed by atoms with Crippen LogP contribution >= 0.6 is 0 Å². The number of hydrogen-bond donors (Lipinski definition) is 0. The van der Waals surface area contributed by atoms with E-state index in [4.69, 9.17) is 4.74 Å². The molecule has 0 spiro atoms. The van der Waals surface area contributed by atoms with Crippen LogP contribution in [-0.4, -0.2) is 58.2 Å². The lowest BCUT2D eigenvalue weighted by molar-refractivity contribution is -0.0746. The number of halogens is 1. The van der Waals surface area contributed by atoms with Crippen LogP contribution in [0.5, 0.6) is 0 Å². The van der Waals surface area contributed by atoms with Crippen molar-refractivity contribution in [3.05, 3.63) is 48.3 Å². The molecule has 0 aromatic carbocycles. The van der Waals surface area contributed by atoms with Crippen molar-refractivity contribution in [2.24, 2.45) is 0 Å². The molecule has 4 rings (SSSR count). The molecule has 2 aliphatic heterocycles. The minimum Gasteiger partial charge on any atom is -0.375 e. The van der Waals surface area contributed by atoms with E-state index in [-0.39, 0.29) is 6.10 Å². The molecule has 7 heteroatoms. The Balaban J connectivity index is 1.46. The molecule has 2 aliphatic rings. The fraction of sp³-hybridized carbons (Fsp3) is 0.500. The quantitative estimate of drug-likeness (QED) is 0.848. The number of morpholine rings is 1. The molecule has 2 saturated heterocycles. The van der Waals surface area contributed by atoms with Gasteiger partial charge in [0.1, 0.15) is 0 Å². The van der Waals surface area contributed by atoms with Crippen LogP contribution in [0, 0.1) is 5.82 Å². The summed E-state index contributed by atoms with van der Waals surface area (Å²) in [6, 6.07) is 4.47. The SMILES string of the molecule is Fc1cnc(N2CC[C@H]3OCCN(Cc4cccnc4)[C@H]3CC2)nc1. The van der Waals surface area contributed by atoms with Gasteiger partial charge in [0.25, 0.3) is 0 Å². The molecule has 2 atom stereocenters. The average molecular weight is 343 g/mol. The van der Waals surface area contributed by atoms with Gasteiger partial charge >= 0.3 is 0 Å². The summed E-state index contributed by atoms with van der Waals surface area (Å²) in [6.45, 7) is 4.26. The van der Waals surface area contributed by atoms with E-state index in [0.29, 0.717) is 12.0 Å². The minimum absolute atomic E-state index is 0.218. The molecule has 0 unspecified atom stereocenters. The van der Waals surface area contributed by atoms with Crippen molar-refractivity contribution < 1.29 is 9.13 Å². The van der Waals surface area contributed by atoms with Gasteiger partial charge in [-0.1, -0.05) is 6.07 Å². The summed E-state index contributed by atoms with van der Waals surface area (Å²) in [6.07, 6.45) is 8.31. The zero-order valence-electron chi connectivity index (χ0n) is 14.1. The highest BCUT2D eigenvalue weighted by molar-refractivity contribution is 5.29. The zero-order valence-corrected chi connectivity index (χ0v) is 14.1. The van der Waals surface area contributed by atoms with Gasteiger partial charge in [-0.15, -0.1) is 0 Å². The van der Waals surface area contributed by atoms with E-state index in [2.05, 4.69) is 30.8 Å². The first-order valence-corrected chi connectivity index (χ1v) is 8.76. The van der Waals surface area contributed by atoms with Crippen LogP contribution in [0.2, 0.25) is 0 Å². The number of anilines is 1. The van der Waals surface area contributed by atoms with E-state index in [9.17, 15) is 4.39 Å². The van der Waals surface area contributed by atoms with Crippen LogP contribution in [0.1, 0.15) is 18.4 Å². The lowest BCUT2D eigenvalue weighted by Crippen LogP contribution is -2.50. The molecule has 4 heterocycles. The van der Waals surface area contributed by atoms with Gasteiger partial charge in [-0.2, -0.15) is 0 Å². The van der Waals surface area contributed by atoms with Gasteiger partial charge in [-0.05, 0) is 24.5 Å². The number of hydrogen-bond acceptors (Lipinski definition) is 6. The lowest BCUT2D eigenvalue weighted by Gasteiger charge is -2.40. The molecule has 0 saturated carbocycles. The number of rotatable bonds is 3. The summed E-state index contributed by atoms with van der Waals surface area (Å²) in [5, 5.41) is 0. The van der Waals surface area contributed by atoms with Gasteiger partial charge in [0.2, 0.25) is 5.95 Å². The average Bonchev–Trinajstić information content (AvgIpc) is 2.87. The van der Waals surface area contributed by atoms with Crippen LogP contribution in [0.25, 0.3) is 0 Å². The topological polar surface area (TPSA) is 54.4 Å². The third-order valence-corrected chi connectivity index (χ3v) is 4.98. The fourth-order valence-electron chi connectivity index (χ4n) is 3.75. The first-order valence-electron chi connectivity index (χ1n) is 8.76. The van der Waals surface area contributed by atoms with E-state index in [1.54, 1.807) is 6.20 Å². The van der Waals surface area contributed by atoms with E-state index in [1.807, 2.05) is 12.3 Å². The second kappa shape index (κ2) is 7.41. The summed E-state index contributed by atoms with van der Waals surface area (Å²) in [7, 11) is 0. The van der Waals surface area contributed by atoms with Gasteiger partial charge in [-0.3, -0.25) is 9.88 Å². The van der Waals surface area contributed by atoms with E-state index >= 15 is 0 Å². The highest BCUT2D eigenvalue weighted by Crippen LogP contribution is 2.26. The molecular formula is C18H22FN5O. The van der Waals surface area contributed by atoms with Crippen LogP contribution in [-0.2, 0) is 11.3 Å². The largest absolute Gasteiger partial charge is 0.375 e. The maximum atomic E-state index is 13.1. The molecule has 0 amide bonds. The van der Waals surface area contributed by atoms with E-state index in [0.717, 1.165) is 45.6 Å². The van der Waals surface area contributed by atoms with Crippen molar-refractivity contribution in [3.8, 4) is 0 Å². The standard InChI is InChI=1S/C18H22FN5O/c19-15-11-21-18(22-12-15)23-6-3-16-17(4-7-23)25-9-8-24(16)13-14-2-1-5-20-10-14/h1-2,5,10-12,16-17H,3-4,6-9,13H2/t16-,17+/m0/s1. The normalized spacial score (nSPS) is 24.6. The molecular weight excluding hydrogens is 321 g/mol. The summed E-state index contributed by atoms with van der Waals surface area (Å²) < 4.78 is 19.1. The third kappa shape index (κ3) is 3.77. The second-order valence-corrected chi connectivity index (χ2v) is 6.57. The Hall–Kier alpha value is -2.12. The van der Waals surface area contributed by atoms with Crippen molar-refractivity contribution in [1.82, 2.24) is 19.9 Å². The van der Waals surface area contributed by atoms with Gasteiger partial charge in [0.05, 0.1) is 25.1 Å². The van der Waals surface area contributed by atoms with Crippen molar-refractivity contribution in [1.29, 1.82) is 0 Å². The third-order valence-electron chi connectivity index (χ3n) is 4.98. The van der Waals surface area contributed by atoms with Gasteiger partial charge < -0.3 is 9.64 Å². The molecule has 132 valence electrons. The lowest BCUT2D eigenvalue weighted by atomic mass is 10.0. The summed E-state index contributed by atoms with van der Waals surface area (Å²) >= 11 is 0. The number of fused-ring (bicyclic) bond motifs is 1. The van der Waals surface area contributed by atoms with Crippen LogP contribution in [0.15, 0.2) is 36.9 Å². The van der Waals surface area contributed by atoms with E-state index in [1.165, 1.54) is 18.0 Å². The predicted molar refractivity (Wildman–Crippen MR) is 91.6 cm³/mol. The number of ether oxygens (including phenoxy) is 1. The monoisotopic (exact) mass is 343 g/mol. The highest BCUT2D eigenvalue weighted by Gasteiger charge is 2.35. The predicted octanol–water partition coefficient (Wildman–Crippen LogP) is 1.88. The Bertz CT molecular complexity index is 684. The molecule has 0 aliphatic carbocycles. The molecule has 25 heavy (non-hydrogen) atoms. The first-order chi connectivity index (χ1) is 12.3. The minimum atomic E-state index is -0.404. The van der Waals surface area contributed by atoms with Crippen LogP contribution < -0.4 is 4.90 Å². The smallest absolute Gasteiger partial charge is 0.225 e. The van der Waals surface area contributed by atoms with Crippen LogP contribution in [0.3, 0.4) is 0 Å². The Morgan fingerprint density at radius 1 is 1.12 bits per heavy atom. The van der Waals surface area contributed by atoms with Crippen LogP contribution in [0.4, 0.5) is 10.3 Å². The molecule has 6 nitrogen and oxygen atoms in total. The molecule has 2 aromatic rings. The Morgan fingerprint density at radius 3 is 2.76 bits per heavy atom. The van der Waals surface area contributed by atoms with Gasteiger partial charge in [0.15, 0.2) is 5.82 Å². The first kappa shape index (κ1) is 16.4. The second-order valence-electron chi connectivity index (χ2n) is 6.57. The summed E-state index contributed by atoms with van der Waals surface area (Å²) in [5.74, 6) is 0.192. The maximum absolute atomic E-state index is 13.1. The van der Waals surface area contributed by atoms with Gasteiger partial charge in [-0.25, -0.2) is 14.4 Å². The van der Waals surface area contributed by atoms with E-state index < -0.39 is 5.82 Å². The summed E-state index contributed by atoms with van der Waals surface area (Å²) in [5.41, 5.74) is 1.23. The molecule has 0 bridgehead atoms. The van der Waals surface area contributed by atoms with Gasteiger partial charge in [0, 0.05) is 44.6 Å². The maximum Gasteiger partial charge on any atom is 0.225 e. The Kier molecular flexibility index (Phi) is 4.85. The zero-order chi connectivity index (χ0) is 17.1. The molecule has 0 N–H and O–H groups in total. The van der Waals surface area contributed by atoms with Crippen molar-refractivity contribution >= 4 is 5.95 Å². The number of nitrogens with zero attached hydrogens (tertiary/aromatic N) is 5. The Morgan fingerprint density at radius 2 is 1.96 bits per heavy atom. The van der Waals surface area contributed by atoms with Crippen molar-refractivity contribution in [2.45, 2.75) is 31.5 Å². The molecule has 2 fully saturated rings. The van der Waals surface area contributed by atoms with Crippen molar-refractivity contribution in [2.75, 3.05) is 31.1 Å².